The van der Waals surface area contributed by atoms with E-state index in [1.807, 2.05) is 30.3 Å². The number of nitrogens with zero attached hydrogens (tertiary/aromatic N) is 1. The Morgan fingerprint density at radius 3 is 2.73 bits per heavy atom. The van der Waals surface area contributed by atoms with Crippen LogP contribution in [0.15, 0.2) is 78.5 Å². The average Bonchev–Trinajstić information content (AvgIpc) is 2.92. The van der Waals surface area contributed by atoms with Crippen molar-refractivity contribution in [3.8, 4) is 11.5 Å². The van der Waals surface area contributed by atoms with Crippen LogP contribution < -0.4 is 14.8 Å². The lowest BCUT2D eigenvalue weighted by molar-refractivity contribution is -0.116. The Bertz CT molecular complexity index is 1610. The van der Waals surface area contributed by atoms with Crippen molar-refractivity contribution in [1.82, 2.24) is 4.98 Å². The molecule has 0 spiro atoms. The standard InChI is InChI=1S/C30H23ClN2O4/c1-36-26-16-17(11-14-25(26)37-30(35)18-6-2-3-9-21(18)31)29-28-20(7-4-10-24(28)34)27-19-8-5-15-32-22(19)12-13-23(27)33-29/h2-3,5-6,8-9,11-16,29,33H,4,7,10H2,1H3. The van der Waals surface area contributed by atoms with E-state index in [2.05, 4.69) is 16.4 Å². The number of methoxy groups -OCH3 is 1. The summed E-state index contributed by atoms with van der Waals surface area (Å²) in [5.41, 5.74) is 5.88. The number of hydrogen-bond acceptors (Lipinski definition) is 6. The van der Waals surface area contributed by atoms with E-state index in [-0.39, 0.29) is 23.1 Å². The van der Waals surface area contributed by atoms with E-state index in [1.54, 1.807) is 36.5 Å². The molecule has 0 amide bonds. The van der Waals surface area contributed by atoms with E-state index >= 15 is 0 Å². The number of pyridine rings is 1. The number of allylic oxidation sites excluding steroid dienone is 1. The number of fused-ring (bicyclic) bond motifs is 4. The first-order valence-electron chi connectivity index (χ1n) is 12.1. The second-order valence-electron chi connectivity index (χ2n) is 9.08. The van der Waals surface area contributed by atoms with Crippen LogP contribution in [0.2, 0.25) is 5.02 Å². The zero-order chi connectivity index (χ0) is 25.5. The van der Waals surface area contributed by atoms with Crippen LogP contribution in [0.1, 0.15) is 46.8 Å². The van der Waals surface area contributed by atoms with Crippen LogP contribution in [0, 0.1) is 0 Å². The molecular weight excluding hydrogens is 488 g/mol. The number of carbonyl (C=O) groups is 2. The van der Waals surface area contributed by atoms with Gasteiger partial charge in [0, 0.05) is 34.8 Å². The molecule has 1 unspecified atom stereocenters. The van der Waals surface area contributed by atoms with Gasteiger partial charge in [-0.25, -0.2) is 4.79 Å². The van der Waals surface area contributed by atoms with E-state index in [9.17, 15) is 9.59 Å². The maximum Gasteiger partial charge on any atom is 0.345 e. The van der Waals surface area contributed by atoms with Gasteiger partial charge in [0.15, 0.2) is 17.3 Å². The molecule has 0 fully saturated rings. The van der Waals surface area contributed by atoms with Crippen LogP contribution >= 0.6 is 11.6 Å². The fourth-order valence-corrected chi connectivity index (χ4v) is 5.48. The number of ether oxygens (including phenoxy) is 2. The third-order valence-electron chi connectivity index (χ3n) is 6.95. The molecule has 37 heavy (non-hydrogen) atoms. The minimum absolute atomic E-state index is 0.137. The molecule has 1 atom stereocenters. The molecule has 6 nitrogen and oxygen atoms in total. The number of nitrogens with one attached hydrogen (secondary N) is 1. The van der Waals surface area contributed by atoms with Gasteiger partial charge in [0.05, 0.1) is 29.3 Å². The predicted octanol–water partition coefficient (Wildman–Crippen LogP) is 6.79. The van der Waals surface area contributed by atoms with Crippen molar-refractivity contribution in [2.75, 3.05) is 12.4 Å². The Kier molecular flexibility index (Phi) is 5.89. The predicted molar refractivity (Wildman–Crippen MR) is 143 cm³/mol. The molecule has 0 bridgehead atoms. The van der Waals surface area contributed by atoms with Crippen LogP contribution in [0.5, 0.6) is 11.5 Å². The van der Waals surface area contributed by atoms with Gasteiger partial charge in [0.25, 0.3) is 0 Å². The highest BCUT2D eigenvalue weighted by Gasteiger charge is 2.35. The largest absolute Gasteiger partial charge is 0.493 e. The summed E-state index contributed by atoms with van der Waals surface area (Å²) < 4.78 is 11.2. The molecular formula is C30H23ClN2O4. The number of aromatic nitrogens is 1. The van der Waals surface area contributed by atoms with Gasteiger partial charge >= 0.3 is 5.97 Å². The monoisotopic (exact) mass is 510 g/mol. The summed E-state index contributed by atoms with van der Waals surface area (Å²) in [6, 6.07) is 19.7. The Morgan fingerprint density at radius 1 is 1.03 bits per heavy atom. The summed E-state index contributed by atoms with van der Waals surface area (Å²) in [6.07, 6.45) is 3.94. The third kappa shape index (κ3) is 4.03. The summed E-state index contributed by atoms with van der Waals surface area (Å²) in [5, 5.41) is 4.94. The van der Waals surface area contributed by atoms with Gasteiger partial charge in [-0.05, 0) is 66.4 Å². The number of anilines is 1. The van der Waals surface area contributed by atoms with Crippen LogP contribution in [0.25, 0.3) is 16.5 Å². The number of rotatable bonds is 4. The Balaban J connectivity index is 1.41. The number of halogens is 1. The summed E-state index contributed by atoms with van der Waals surface area (Å²) >= 11 is 6.16. The summed E-state index contributed by atoms with van der Waals surface area (Å²) in [5.74, 6) is 0.222. The van der Waals surface area contributed by atoms with E-state index < -0.39 is 5.97 Å². The molecule has 3 aromatic carbocycles. The first-order valence-corrected chi connectivity index (χ1v) is 12.5. The van der Waals surface area contributed by atoms with Crippen molar-refractivity contribution in [2.45, 2.75) is 25.3 Å². The molecule has 0 saturated heterocycles. The average molecular weight is 511 g/mol. The Hall–Kier alpha value is -4.16. The molecule has 1 aliphatic carbocycles. The third-order valence-corrected chi connectivity index (χ3v) is 7.28. The zero-order valence-electron chi connectivity index (χ0n) is 20.1. The van der Waals surface area contributed by atoms with Gasteiger partial charge in [0.1, 0.15) is 0 Å². The highest BCUT2D eigenvalue weighted by Crippen LogP contribution is 2.48. The molecule has 1 aromatic heterocycles. The summed E-state index contributed by atoms with van der Waals surface area (Å²) in [4.78, 5) is 30.5. The van der Waals surface area contributed by atoms with Crippen LogP contribution in [-0.2, 0) is 4.79 Å². The first kappa shape index (κ1) is 23.3. The quantitative estimate of drug-likeness (QED) is 0.240. The molecule has 7 heteroatoms. The van der Waals surface area contributed by atoms with Crippen molar-refractivity contribution in [2.24, 2.45) is 0 Å². The number of carbonyl (C=O) groups excluding carboxylic acids is 2. The van der Waals surface area contributed by atoms with E-state index in [1.165, 1.54) is 7.11 Å². The van der Waals surface area contributed by atoms with Gasteiger partial charge < -0.3 is 14.8 Å². The van der Waals surface area contributed by atoms with Crippen molar-refractivity contribution in [3.63, 3.8) is 0 Å². The minimum Gasteiger partial charge on any atom is -0.493 e. The Morgan fingerprint density at radius 2 is 1.89 bits per heavy atom. The lowest BCUT2D eigenvalue weighted by Gasteiger charge is -2.35. The Labute approximate surface area is 218 Å². The summed E-state index contributed by atoms with van der Waals surface area (Å²) in [7, 11) is 1.52. The molecule has 2 heterocycles. The molecule has 0 saturated carbocycles. The number of Topliss-reactive ketones (excluding diaryl/α,β-unsaturated/α-hetero) is 1. The highest BCUT2D eigenvalue weighted by molar-refractivity contribution is 6.33. The van der Waals surface area contributed by atoms with Gasteiger partial charge in [-0.15, -0.1) is 0 Å². The molecule has 184 valence electrons. The lowest BCUT2D eigenvalue weighted by Crippen LogP contribution is -2.27. The van der Waals surface area contributed by atoms with Crippen molar-refractivity contribution in [3.05, 3.63) is 100 Å². The maximum atomic E-state index is 13.3. The minimum atomic E-state index is -0.575. The molecule has 4 aromatic rings. The number of ketones is 1. The van der Waals surface area contributed by atoms with Crippen molar-refractivity contribution < 1.29 is 19.1 Å². The van der Waals surface area contributed by atoms with Crippen molar-refractivity contribution in [1.29, 1.82) is 0 Å². The fraction of sp³-hybridized carbons (Fsp3) is 0.167. The molecule has 1 aliphatic heterocycles. The van der Waals surface area contributed by atoms with Crippen LogP contribution in [0.4, 0.5) is 5.69 Å². The molecule has 2 aliphatic rings. The second-order valence-corrected chi connectivity index (χ2v) is 9.49. The molecule has 0 radical (unpaired) electrons. The van der Waals surface area contributed by atoms with E-state index in [4.69, 9.17) is 21.1 Å². The van der Waals surface area contributed by atoms with Gasteiger partial charge in [-0.2, -0.15) is 0 Å². The fourth-order valence-electron chi connectivity index (χ4n) is 5.26. The second kappa shape index (κ2) is 9.37. The zero-order valence-corrected chi connectivity index (χ0v) is 20.8. The topological polar surface area (TPSA) is 77.5 Å². The molecule has 6 rings (SSSR count). The lowest BCUT2D eigenvalue weighted by atomic mass is 9.77. The van der Waals surface area contributed by atoms with E-state index in [0.29, 0.717) is 17.2 Å². The SMILES string of the molecule is COc1cc(C2Nc3ccc4ncccc4c3C3=C2C(=O)CCC3)ccc1OC(=O)c1ccccc1Cl. The normalized spacial score (nSPS) is 16.6. The first-order chi connectivity index (χ1) is 18.0. The van der Waals surface area contributed by atoms with Crippen molar-refractivity contribution >= 4 is 45.5 Å². The maximum absolute atomic E-state index is 13.3. The van der Waals surface area contributed by atoms with Gasteiger partial charge in [0.2, 0.25) is 0 Å². The van der Waals surface area contributed by atoms with Gasteiger partial charge in [-0.1, -0.05) is 35.9 Å². The molecule has 1 N–H and O–H groups in total. The summed E-state index contributed by atoms with van der Waals surface area (Å²) in [6.45, 7) is 0. The number of hydrogen-bond donors (Lipinski definition) is 1. The highest BCUT2D eigenvalue weighted by atomic mass is 35.5. The van der Waals surface area contributed by atoms with Gasteiger partial charge in [-0.3, -0.25) is 9.78 Å². The number of benzene rings is 3. The van der Waals surface area contributed by atoms with Crippen LogP contribution in [-0.4, -0.2) is 23.8 Å². The number of esters is 1. The van der Waals surface area contributed by atoms with E-state index in [0.717, 1.165) is 51.7 Å². The van der Waals surface area contributed by atoms with Crippen LogP contribution in [0.3, 0.4) is 0 Å². The smallest absolute Gasteiger partial charge is 0.345 e.